The summed E-state index contributed by atoms with van der Waals surface area (Å²) in [5.74, 6) is 1.53. The molecule has 0 aliphatic rings. The lowest BCUT2D eigenvalue weighted by Gasteiger charge is -2.12. The van der Waals surface area contributed by atoms with Crippen molar-refractivity contribution in [3.63, 3.8) is 0 Å². The van der Waals surface area contributed by atoms with Crippen molar-refractivity contribution in [1.29, 1.82) is 0 Å². The maximum absolute atomic E-state index is 5.69. The SMILES string of the molecule is CCOc1ccc(Cn2cc(NC(=S)NCCCN(C)C)cn2)cc1OCC. The van der Waals surface area contributed by atoms with Crippen LogP contribution in [-0.4, -0.2) is 60.2 Å². The Labute approximate surface area is 173 Å². The van der Waals surface area contributed by atoms with Crippen LogP contribution < -0.4 is 20.1 Å². The van der Waals surface area contributed by atoms with Gasteiger partial charge in [0.25, 0.3) is 0 Å². The summed E-state index contributed by atoms with van der Waals surface area (Å²) in [4.78, 5) is 2.15. The van der Waals surface area contributed by atoms with Gasteiger partial charge in [-0.2, -0.15) is 5.10 Å². The van der Waals surface area contributed by atoms with Crippen LogP contribution >= 0.6 is 12.2 Å². The molecule has 28 heavy (non-hydrogen) atoms. The lowest BCUT2D eigenvalue weighted by molar-refractivity contribution is 0.287. The fourth-order valence-electron chi connectivity index (χ4n) is 2.67. The van der Waals surface area contributed by atoms with Crippen molar-refractivity contribution in [2.24, 2.45) is 0 Å². The number of thiocarbonyl (C=S) groups is 1. The third-order valence-electron chi connectivity index (χ3n) is 3.91. The Bertz CT molecular complexity index is 748. The van der Waals surface area contributed by atoms with Gasteiger partial charge < -0.3 is 25.0 Å². The highest BCUT2D eigenvalue weighted by atomic mass is 32.1. The van der Waals surface area contributed by atoms with Crippen LogP contribution in [0.5, 0.6) is 11.5 Å². The van der Waals surface area contributed by atoms with Gasteiger partial charge in [0.1, 0.15) is 0 Å². The van der Waals surface area contributed by atoms with Crippen LogP contribution in [0.2, 0.25) is 0 Å². The van der Waals surface area contributed by atoms with Crippen molar-refractivity contribution < 1.29 is 9.47 Å². The zero-order valence-corrected chi connectivity index (χ0v) is 18.0. The Balaban J connectivity index is 1.90. The number of hydrogen-bond donors (Lipinski definition) is 2. The lowest BCUT2D eigenvalue weighted by Crippen LogP contribution is -2.30. The Morgan fingerprint density at radius 1 is 1.18 bits per heavy atom. The van der Waals surface area contributed by atoms with E-state index in [4.69, 9.17) is 21.7 Å². The maximum atomic E-state index is 5.69. The third kappa shape index (κ3) is 7.36. The fourth-order valence-corrected chi connectivity index (χ4v) is 2.89. The van der Waals surface area contributed by atoms with Gasteiger partial charge >= 0.3 is 0 Å². The van der Waals surface area contributed by atoms with Crippen molar-refractivity contribution in [2.45, 2.75) is 26.8 Å². The highest BCUT2D eigenvalue weighted by Gasteiger charge is 2.08. The second-order valence-corrected chi connectivity index (χ2v) is 7.02. The van der Waals surface area contributed by atoms with Gasteiger partial charge in [0.15, 0.2) is 16.6 Å². The average Bonchev–Trinajstić information content (AvgIpc) is 3.08. The number of ether oxygens (including phenoxy) is 2. The summed E-state index contributed by atoms with van der Waals surface area (Å²) in [6.45, 7) is 7.63. The zero-order valence-electron chi connectivity index (χ0n) is 17.2. The molecule has 8 heteroatoms. The standard InChI is InChI=1S/C20H31N5O2S/c1-5-26-18-9-8-16(12-19(18)27-6-2)14-25-15-17(13-22-25)23-20(28)21-10-7-11-24(3)4/h8-9,12-13,15H,5-7,10-11,14H2,1-4H3,(H2,21,23,28). The van der Waals surface area contributed by atoms with Crippen LogP contribution in [0.3, 0.4) is 0 Å². The van der Waals surface area contributed by atoms with Crippen molar-refractivity contribution >= 4 is 23.0 Å². The summed E-state index contributed by atoms with van der Waals surface area (Å²) in [6.07, 6.45) is 4.74. The van der Waals surface area contributed by atoms with E-state index >= 15 is 0 Å². The molecule has 2 rings (SSSR count). The summed E-state index contributed by atoms with van der Waals surface area (Å²) < 4.78 is 13.2. The summed E-state index contributed by atoms with van der Waals surface area (Å²) >= 11 is 5.34. The molecule has 0 bridgehead atoms. The number of hydrogen-bond acceptors (Lipinski definition) is 5. The molecule has 1 aromatic carbocycles. The van der Waals surface area contributed by atoms with Gasteiger partial charge in [-0.25, -0.2) is 0 Å². The highest BCUT2D eigenvalue weighted by molar-refractivity contribution is 7.80. The molecule has 2 aromatic rings. The van der Waals surface area contributed by atoms with E-state index < -0.39 is 0 Å². The van der Waals surface area contributed by atoms with Gasteiger partial charge in [-0.15, -0.1) is 0 Å². The number of aromatic nitrogens is 2. The van der Waals surface area contributed by atoms with Crippen molar-refractivity contribution in [1.82, 2.24) is 20.0 Å². The molecule has 1 heterocycles. The number of nitrogens with one attached hydrogen (secondary N) is 2. The topological polar surface area (TPSA) is 63.6 Å². The Hall–Kier alpha value is -2.32. The normalized spacial score (nSPS) is 10.8. The minimum Gasteiger partial charge on any atom is -0.490 e. The third-order valence-corrected chi connectivity index (χ3v) is 4.16. The zero-order chi connectivity index (χ0) is 20.4. The largest absolute Gasteiger partial charge is 0.490 e. The fraction of sp³-hybridized carbons (Fsp3) is 0.500. The number of rotatable bonds is 11. The molecule has 0 saturated heterocycles. The van der Waals surface area contributed by atoms with Gasteiger partial charge in [0.05, 0.1) is 31.6 Å². The van der Waals surface area contributed by atoms with E-state index in [0.29, 0.717) is 24.9 Å². The van der Waals surface area contributed by atoms with Crippen LogP contribution in [0.4, 0.5) is 5.69 Å². The van der Waals surface area contributed by atoms with Gasteiger partial charge in [-0.05, 0) is 70.8 Å². The van der Waals surface area contributed by atoms with Crippen LogP contribution in [0.1, 0.15) is 25.8 Å². The van der Waals surface area contributed by atoms with Gasteiger partial charge in [0, 0.05) is 12.7 Å². The molecule has 7 nitrogen and oxygen atoms in total. The van der Waals surface area contributed by atoms with E-state index in [0.717, 1.165) is 42.3 Å². The molecule has 0 fully saturated rings. The van der Waals surface area contributed by atoms with Crippen LogP contribution in [0.15, 0.2) is 30.6 Å². The van der Waals surface area contributed by atoms with Crippen LogP contribution in [0, 0.1) is 0 Å². The molecule has 0 amide bonds. The number of nitrogens with zero attached hydrogens (tertiary/aromatic N) is 3. The number of anilines is 1. The number of benzene rings is 1. The molecule has 0 aliphatic heterocycles. The molecule has 0 aliphatic carbocycles. The maximum Gasteiger partial charge on any atom is 0.170 e. The predicted octanol–water partition coefficient (Wildman–Crippen LogP) is 2.97. The monoisotopic (exact) mass is 405 g/mol. The van der Waals surface area contributed by atoms with Crippen LogP contribution in [-0.2, 0) is 6.54 Å². The van der Waals surface area contributed by atoms with Crippen LogP contribution in [0.25, 0.3) is 0 Å². The lowest BCUT2D eigenvalue weighted by atomic mass is 10.2. The summed E-state index contributed by atoms with van der Waals surface area (Å²) in [6, 6.07) is 5.97. The van der Waals surface area contributed by atoms with Gasteiger partial charge in [-0.3, -0.25) is 4.68 Å². The van der Waals surface area contributed by atoms with E-state index in [1.165, 1.54) is 0 Å². The Morgan fingerprint density at radius 3 is 2.64 bits per heavy atom. The second-order valence-electron chi connectivity index (χ2n) is 6.61. The van der Waals surface area contributed by atoms with Gasteiger partial charge in [0.2, 0.25) is 0 Å². The van der Waals surface area contributed by atoms with Crippen molar-refractivity contribution in [3.05, 3.63) is 36.2 Å². The first kappa shape index (κ1) is 22.0. The second kappa shape index (κ2) is 11.5. The quantitative estimate of drug-likeness (QED) is 0.440. The predicted molar refractivity (Wildman–Crippen MR) is 118 cm³/mol. The average molecular weight is 406 g/mol. The summed E-state index contributed by atoms with van der Waals surface area (Å²) in [5, 5.41) is 11.4. The molecular weight excluding hydrogens is 374 g/mol. The minimum atomic E-state index is 0.596. The molecule has 0 atom stereocenters. The smallest absolute Gasteiger partial charge is 0.170 e. The minimum absolute atomic E-state index is 0.596. The van der Waals surface area contributed by atoms with Crippen molar-refractivity contribution in [2.75, 3.05) is 45.7 Å². The first-order chi connectivity index (χ1) is 13.5. The highest BCUT2D eigenvalue weighted by Crippen LogP contribution is 2.28. The molecule has 0 unspecified atom stereocenters. The Kier molecular flexibility index (Phi) is 9.03. The van der Waals surface area contributed by atoms with E-state index in [1.54, 1.807) is 6.20 Å². The molecule has 0 spiro atoms. The molecule has 0 radical (unpaired) electrons. The first-order valence-corrected chi connectivity index (χ1v) is 10.0. The van der Waals surface area contributed by atoms with E-state index in [-0.39, 0.29) is 0 Å². The Morgan fingerprint density at radius 2 is 1.93 bits per heavy atom. The van der Waals surface area contributed by atoms with E-state index in [9.17, 15) is 0 Å². The van der Waals surface area contributed by atoms with E-state index in [2.05, 4.69) is 34.7 Å². The van der Waals surface area contributed by atoms with Gasteiger partial charge in [-0.1, -0.05) is 6.07 Å². The molecule has 154 valence electrons. The summed E-state index contributed by atoms with van der Waals surface area (Å²) in [5.41, 5.74) is 1.95. The molecule has 0 saturated carbocycles. The molecule has 1 aromatic heterocycles. The molecular formula is C20H31N5O2S. The first-order valence-electron chi connectivity index (χ1n) is 9.62. The van der Waals surface area contributed by atoms with Crippen molar-refractivity contribution in [3.8, 4) is 11.5 Å². The summed E-state index contributed by atoms with van der Waals surface area (Å²) in [7, 11) is 4.12. The molecule has 2 N–H and O–H groups in total. The van der Waals surface area contributed by atoms with E-state index in [1.807, 2.05) is 42.9 Å².